The van der Waals surface area contributed by atoms with Gasteiger partial charge in [-0.2, -0.15) is 4.98 Å². The topological polar surface area (TPSA) is 135 Å². The lowest BCUT2D eigenvalue weighted by Crippen LogP contribution is -2.19. The maximum absolute atomic E-state index is 11.7. The number of carbonyl (C=O) groups is 1. The molecule has 1 heterocycles. The summed E-state index contributed by atoms with van der Waals surface area (Å²) in [5, 5.41) is 8.81. The van der Waals surface area contributed by atoms with Crippen LogP contribution in [0.25, 0.3) is 0 Å². The maximum Gasteiger partial charge on any atom is 0.335 e. The molecule has 7 nitrogen and oxygen atoms in total. The molecule has 0 fully saturated rings. The first-order valence-electron chi connectivity index (χ1n) is 7.43. The van der Waals surface area contributed by atoms with Crippen LogP contribution in [0.1, 0.15) is 41.8 Å². The number of aromatic carboxylic acids is 1. The van der Waals surface area contributed by atoms with Crippen LogP contribution in [0, 0.1) is 0 Å². The smallest absolute Gasteiger partial charge is 0.335 e. The van der Waals surface area contributed by atoms with Gasteiger partial charge in [0.25, 0.3) is 5.56 Å². The van der Waals surface area contributed by atoms with E-state index in [0.29, 0.717) is 24.8 Å². The second-order valence-electron chi connectivity index (χ2n) is 4.67. The van der Waals surface area contributed by atoms with Crippen LogP contribution in [0.15, 0.2) is 29.1 Å². The van der Waals surface area contributed by atoms with Crippen molar-refractivity contribution < 1.29 is 9.90 Å². The molecule has 6 N–H and O–H groups in total. The number of aromatic amines is 1. The second kappa shape index (κ2) is 8.57. The first-order valence-corrected chi connectivity index (χ1v) is 7.43. The van der Waals surface area contributed by atoms with Gasteiger partial charge in [0.05, 0.1) is 11.1 Å². The van der Waals surface area contributed by atoms with E-state index in [2.05, 4.69) is 9.97 Å². The van der Waals surface area contributed by atoms with E-state index in [9.17, 15) is 9.59 Å². The molecule has 0 aliphatic heterocycles. The lowest BCUT2D eigenvalue weighted by molar-refractivity contribution is 0.0697. The number of benzene rings is 1. The third-order valence-electron chi connectivity index (χ3n) is 3.16. The number of hydrogen-bond donors (Lipinski definition) is 4. The Balaban J connectivity index is 0.00000127. The molecule has 0 spiro atoms. The van der Waals surface area contributed by atoms with Gasteiger partial charge in [0, 0.05) is 0 Å². The predicted octanol–water partition coefficient (Wildman–Crippen LogP) is 1.83. The number of carboxylic acid groups (broad SMARTS) is 1. The molecule has 0 amide bonds. The van der Waals surface area contributed by atoms with Crippen molar-refractivity contribution in [3.63, 3.8) is 0 Å². The Labute approximate surface area is 134 Å². The molecule has 1 aromatic carbocycles. The fourth-order valence-electron chi connectivity index (χ4n) is 2.06. The van der Waals surface area contributed by atoms with Crippen LogP contribution in [-0.2, 0) is 12.8 Å². The maximum atomic E-state index is 11.7. The van der Waals surface area contributed by atoms with Gasteiger partial charge in [0.2, 0.25) is 5.95 Å². The summed E-state index contributed by atoms with van der Waals surface area (Å²) in [4.78, 5) is 28.7. The number of aryl methyl sites for hydroxylation is 1. The zero-order valence-corrected chi connectivity index (χ0v) is 13.3. The largest absolute Gasteiger partial charge is 0.478 e. The number of nitrogens with two attached hydrogens (primary N) is 2. The van der Waals surface area contributed by atoms with Crippen LogP contribution < -0.4 is 17.0 Å². The number of carboxylic acids is 1. The van der Waals surface area contributed by atoms with Crippen LogP contribution in [-0.4, -0.2) is 21.0 Å². The van der Waals surface area contributed by atoms with Crippen molar-refractivity contribution in [2.24, 2.45) is 0 Å². The average Bonchev–Trinajstić information content (AvgIpc) is 2.52. The molecule has 7 heteroatoms. The van der Waals surface area contributed by atoms with Gasteiger partial charge in [-0.25, -0.2) is 4.79 Å². The van der Waals surface area contributed by atoms with Crippen LogP contribution in [0.2, 0.25) is 0 Å². The molecule has 0 saturated heterocycles. The summed E-state index contributed by atoms with van der Waals surface area (Å²) in [6, 6.07) is 6.64. The standard InChI is InChI=1S/C14H16N4O3.C2H6/c15-11-10(12(19)18-14(16)17-11)3-1-2-8-4-6-9(7-5-8)13(20)21;1-2/h4-7H,1-3H2,(H,20,21)(H5,15,16,17,18,19);1-2H3. The van der Waals surface area contributed by atoms with Gasteiger partial charge in [-0.05, 0) is 37.0 Å². The van der Waals surface area contributed by atoms with Gasteiger partial charge in [0.1, 0.15) is 5.82 Å². The molecule has 0 saturated carbocycles. The van der Waals surface area contributed by atoms with E-state index in [4.69, 9.17) is 16.6 Å². The molecule has 1 aromatic heterocycles. The third-order valence-corrected chi connectivity index (χ3v) is 3.16. The van der Waals surface area contributed by atoms with Crippen LogP contribution >= 0.6 is 0 Å². The summed E-state index contributed by atoms with van der Waals surface area (Å²) in [7, 11) is 0. The summed E-state index contributed by atoms with van der Waals surface area (Å²) in [5.41, 5.74) is 12.4. The molecule has 2 rings (SSSR count). The lowest BCUT2D eigenvalue weighted by atomic mass is 10.0. The van der Waals surface area contributed by atoms with Gasteiger partial charge in [-0.15, -0.1) is 0 Å². The van der Waals surface area contributed by atoms with Gasteiger partial charge < -0.3 is 16.6 Å². The van der Waals surface area contributed by atoms with Crippen molar-refractivity contribution in [3.05, 3.63) is 51.3 Å². The summed E-state index contributed by atoms with van der Waals surface area (Å²) >= 11 is 0. The Hall–Kier alpha value is -2.83. The summed E-state index contributed by atoms with van der Waals surface area (Å²) in [6.45, 7) is 4.00. The number of nitrogens with zero attached hydrogens (tertiary/aromatic N) is 1. The van der Waals surface area contributed by atoms with Crippen molar-refractivity contribution in [1.29, 1.82) is 0 Å². The van der Waals surface area contributed by atoms with Crippen molar-refractivity contribution >= 4 is 17.7 Å². The van der Waals surface area contributed by atoms with Crippen LogP contribution in [0.3, 0.4) is 0 Å². The molecular formula is C16H22N4O3. The van der Waals surface area contributed by atoms with Crippen molar-refractivity contribution in [2.45, 2.75) is 33.1 Å². The second-order valence-corrected chi connectivity index (χ2v) is 4.67. The Morgan fingerprint density at radius 2 is 1.78 bits per heavy atom. The summed E-state index contributed by atoms with van der Waals surface area (Å²) in [5.74, 6) is -0.795. The molecule has 0 aliphatic rings. The Morgan fingerprint density at radius 3 is 2.30 bits per heavy atom. The van der Waals surface area contributed by atoms with Crippen molar-refractivity contribution in [3.8, 4) is 0 Å². The van der Waals surface area contributed by atoms with E-state index < -0.39 is 5.97 Å². The van der Waals surface area contributed by atoms with E-state index in [-0.39, 0.29) is 22.9 Å². The average molecular weight is 318 g/mol. The Kier molecular flexibility index (Phi) is 6.79. The molecule has 23 heavy (non-hydrogen) atoms. The number of hydrogen-bond acceptors (Lipinski definition) is 5. The van der Waals surface area contributed by atoms with Crippen molar-refractivity contribution in [2.75, 3.05) is 11.5 Å². The highest BCUT2D eigenvalue weighted by Crippen LogP contribution is 2.11. The molecule has 0 unspecified atom stereocenters. The SMILES string of the molecule is CC.Nc1nc(N)c(CCCc2ccc(C(=O)O)cc2)c(=O)[nH]1. The highest BCUT2D eigenvalue weighted by molar-refractivity contribution is 5.87. The molecule has 0 bridgehead atoms. The lowest BCUT2D eigenvalue weighted by Gasteiger charge is -2.05. The van der Waals surface area contributed by atoms with Gasteiger partial charge in [-0.1, -0.05) is 26.0 Å². The fraction of sp³-hybridized carbons (Fsp3) is 0.312. The first kappa shape index (κ1) is 18.2. The van der Waals surface area contributed by atoms with Crippen LogP contribution in [0.5, 0.6) is 0 Å². The molecule has 0 radical (unpaired) electrons. The first-order chi connectivity index (χ1) is 11.0. The molecule has 0 aliphatic carbocycles. The minimum atomic E-state index is -0.950. The molecule has 124 valence electrons. The number of rotatable bonds is 5. The monoisotopic (exact) mass is 318 g/mol. The van der Waals surface area contributed by atoms with E-state index in [1.54, 1.807) is 24.3 Å². The van der Waals surface area contributed by atoms with E-state index >= 15 is 0 Å². The predicted molar refractivity (Wildman–Crippen MR) is 90.5 cm³/mol. The molecular weight excluding hydrogens is 296 g/mol. The number of nitrogen functional groups attached to an aromatic ring is 2. The van der Waals surface area contributed by atoms with Gasteiger partial charge >= 0.3 is 5.97 Å². The number of aromatic nitrogens is 2. The Morgan fingerprint density at radius 1 is 1.17 bits per heavy atom. The van der Waals surface area contributed by atoms with E-state index in [1.807, 2.05) is 13.8 Å². The number of nitrogens with one attached hydrogen (secondary N) is 1. The molecule has 0 atom stereocenters. The minimum Gasteiger partial charge on any atom is -0.478 e. The van der Waals surface area contributed by atoms with Crippen LogP contribution in [0.4, 0.5) is 11.8 Å². The normalized spacial score (nSPS) is 9.83. The minimum absolute atomic E-state index is 0.00510. The van der Waals surface area contributed by atoms with Gasteiger partial charge in [-0.3, -0.25) is 9.78 Å². The highest BCUT2D eigenvalue weighted by Gasteiger charge is 2.08. The third kappa shape index (κ3) is 5.14. The number of H-pyrrole nitrogens is 1. The zero-order valence-electron chi connectivity index (χ0n) is 13.3. The number of anilines is 2. The Bertz CT molecular complexity index is 708. The van der Waals surface area contributed by atoms with Crippen molar-refractivity contribution in [1.82, 2.24) is 9.97 Å². The van der Waals surface area contributed by atoms with E-state index in [1.165, 1.54) is 0 Å². The highest BCUT2D eigenvalue weighted by atomic mass is 16.4. The summed E-state index contributed by atoms with van der Waals surface area (Å²) < 4.78 is 0. The fourth-order valence-corrected chi connectivity index (χ4v) is 2.06. The van der Waals surface area contributed by atoms with Gasteiger partial charge in [0.15, 0.2) is 0 Å². The molecule has 2 aromatic rings. The van der Waals surface area contributed by atoms with E-state index in [0.717, 1.165) is 5.56 Å². The quantitative estimate of drug-likeness (QED) is 0.664. The summed E-state index contributed by atoms with van der Waals surface area (Å²) in [6.07, 6.45) is 1.89. The zero-order chi connectivity index (χ0) is 17.4.